The Bertz CT molecular complexity index is 800. The molecule has 0 spiro atoms. The maximum Gasteiger partial charge on any atom is 0.170 e. The number of hydrogen-bond donors (Lipinski definition) is 2. The fourth-order valence-corrected chi connectivity index (χ4v) is 3.49. The zero-order chi connectivity index (χ0) is 18.4. The van der Waals surface area contributed by atoms with Crippen LogP contribution in [0.5, 0.6) is 0 Å². The molecule has 2 aromatic carbocycles. The topological polar surface area (TPSA) is 57.1 Å². The van der Waals surface area contributed by atoms with Crippen molar-refractivity contribution in [3.8, 4) is 6.07 Å². The highest BCUT2D eigenvalue weighted by molar-refractivity contribution is 7.80. The third-order valence-electron chi connectivity index (χ3n) is 4.35. The van der Waals surface area contributed by atoms with Crippen LogP contribution >= 0.6 is 23.8 Å². The number of nitrogens with one attached hydrogen (secondary N) is 2. The summed E-state index contributed by atoms with van der Waals surface area (Å²) in [4.78, 5) is 0. The molecule has 1 aliphatic rings. The number of thiocarbonyl (C=S) groups is 1. The molecule has 6 heteroatoms. The van der Waals surface area contributed by atoms with E-state index in [0.717, 1.165) is 36.3 Å². The Morgan fingerprint density at radius 3 is 2.77 bits per heavy atom. The quantitative estimate of drug-likeness (QED) is 0.744. The van der Waals surface area contributed by atoms with E-state index in [1.165, 1.54) is 0 Å². The van der Waals surface area contributed by atoms with Crippen molar-refractivity contribution in [1.29, 1.82) is 5.26 Å². The zero-order valence-electron chi connectivity index (χ0n) is 14.2. The van der Waals surface area contributed by atoms with Crippen LogP contribution in [0, 0.1) is 11.3 Å². The average molecular weight is 386 g/mol. The summed E-state index contributed by atoms with van der Waals surface area (Å²) in [5, 5.41) is 16.9. The van der Waals surface area contributed by atoms with E-state index in [4.69, 9.17) is 28.6 Å². The number of hydrogen-bond acceptors (Lipinski definition) is 3. The van der Waals surface area contributed by atoms with Gasteiger partial charge in [0.05, 0.1) is 18.1 Å². The van der Waals surface area contributed by atoms with Gasteiger partial charge in [-0.2, -0.15) is 5.26 Å². The molecular formula is C20H20ClN3OS. The van der Waals surface area contributed by atoms with Gasteiger partial charge in [0.15, 0.2) is 5.11 Å². The highest BCUT2D eigenvalue weighted by Gasteiger charge is 2.17. The van der Waals surface area contributed by atoms with Gasteiger partial charge in [-0.1, -0.05) is 48.0 Å². The predicted molar refractivity (Wildman–Crippen MR) is 109 cm³/mol. The van der Waals surface area contributed by atoms with Gasteiger partial charge in [0.25, 0.3) is 0 Å². The molecule has 1 aliphatic heterocycles. The molecule has 0 amide bonds. The fourth-order valence-electron chi connectivity index (χ4n) is 3.00. The molecule has 2 atom stereocenters. The molecule has 0 radical (unpaired) electrons. The number of benzene rings is 2. The first-order chi connectivity index (χ1) is 12.7. The normalized spacial score (nSPS) is 17.3. The number of nitriles is 1. The van der Waals surface area contributed by atoms with E-state index >= 15 is 0 Å². The molecule has 26 heavy (non-hydrogen) atoms. The summed E-state index contributed by atoms with van der Waals surface area (Å²) in [6.07, 6.45) is 2.39. The summed E-state index contributed by atoms with van der Waals surface area (Å²) < 4.78 is 5.57. The summed E-state index contributed by atoms with van der Waals surface area (Å²) in [6.45, 7) is 1.52. The second-order valence-electron chi connectivity index (χ2n) is 6.18. The molecule has 3 rings (SSSR count). The lowest BCUT2D eigenvalue weighted by molar-refractivity contribution is 0.114. The van der Waals surface area contributed by atoms with Crippen LogP contribution < -0.4 is 10.6 Å². The lowest BCUT2D eigenvalue weighted by atomic mass is 9.92. The molecule has 0 aliphatic carbocycles. The molecule has 4 nitrogen and oxygen atoms in total. The molecule has 2 aromatic rings. The van der Waals surface area contributed by atoms with Crippen LogP contribution in [0.2, 0.25) is 5.02 Å². The van der Waals surface area contributed by atoms with Crippen LogP contribution in [0.4, 0.5) is 5.69 Å². The average Bonchev–Trinajstić information content (AvgIpc) is 3.17. The van der Waals surface area contributed by atoms with Crippen molar-refractivity contribution in [1.82, 2.24) is 5.32 Å². The Hall–Kier alpha value is -2.13. The molecule has 1 heterocycles. The second kappa shape index (κ2) is 9.00. The SMILES string of the molecule is N#CC(c1ccccc1)c1ccc(NC(=S)NCC2CCCO2)cc1Cl. The summed E-state index contributed by atoms with van der Waals surface area (Å²) in [5.41, 5.74) is 2.49. The minimum Gasteiger partial charge on any atom is -0.376 e. The van der Waals surface area contributed by atoms with E-state index < -0.39 is 5.92 Å². The lowest BCUT2D eigenvalue weighted by Crippen LogP contribution is -2.34. The first kappa shape index (κ1) is 18.7. The summed E-state index contributed by atoms with van der Waals surface area (Å²) in [7, 11) is 0. The van der Waals surface area contributed by atoms with Crippen LogP contribution in [0.25, 0.3) is 0 Å². The summed E-state index contributed by atoms with van der Waals surface area (Å²) in [5.74, 6) is -0.401. The molecular weight excluding hydrogens is 366 g/mol. The van der Waals surface area contributed by atoms with Crippen molar-refractivity contribution in [2.45, 2.75) is 24.9 Å². The van der Waals surface area contributed by atoms with Crippen LogP contribution in [-0.2, 0) is 4.74 Å². The molecule has 1 fully saturated rings. The van der Waals surface area contributed by atoms with E-state index in [2.05, 4.69) is 16.7 Å². The fraction of sp³-hybridized carbons (Fsp3) is 0.300. The Balaban J connectivity index is 1.65. The largest absolute Gasteiger partial charge is 0.376 e. The Kier molecular flexibility index (Phi) is 6.45. The van der Waals surface area contributed by atoms with Gasteiger partial charge >= 0.3 is 0 Å². The zero-order valence-corrected chi connectivity index (χ0v) is 15.8. The lowest BCUT2D eigenvalue weighted by Gasteiger charge is -2.16. The number of ether oxygens (including phenoxy) is 1. The van der Waals surface area contributed by atoms with E-state index in [9.17, 15) is 5.26 Å². The maximum atomic E-state index is 9.58. The first-order valence-electron chi connectivity index (χ1n) is 8.58. The minimum atomic E-state index is -0.401. The molecule has 0 saturated carbocycles. The van der Waals surface area contributed by atoms with Gasteiger partial charge in [0.2, 0.25) is 0 Å². The van der Waals surface area contributed by atoms with Crippen molar-refractivity contribution in [3.05, 3.63) is 64.7 Å². The Labute approximate surface area is 164 Å². The second-order valence-corrected chi connectivity index (χ2v) is 6.99. The third kappa shape index (κ3) is 4.73. The Morgan fingerprint density at radius 1 is 1.31 bits per heavy atom. The maximum absolute atomic E-state index is 9.58. The first-order valence-corrected chi connectivity index (χ1v) is 9.36. The molecule has 0 aromatic heterocycles. The van der Waals surface area contributed by atoms with Crippen molar-refractivity contribution >= 4 is 34.6 Å². The summed E-state index contributed by atoms with van der Waals surface area (Å²) >= 11 is 11.8. The van der Waals surface area contributed by atoms with E-state index in [1.54, 1.807) is 6.07 Å². The van der Waals surface area contributed by atoms with Crippen LogP contribution in [-0.4, -0.2) is 24.4 Å². The standard InChI is InChI=1S/C20H20ClN3OS/c21-19-11-15(24-20(26)23-13-16-7-4-10-25-16)8-9-17(19)18(12-22)14-5-2-1-3-6-14/h1-3,5-6,8-9,11,16,18H,4,7,10,13H2,(H2,23,24,26). The van der Waals surface area contributed by atoms with E-state index in [0.29, 0.717) is 16.7 Å². The molecule has 0 bridgehead atoms. The van der Waals surface area contributed by atoms with Crippen molar-refractivity contribution in [2.24, 2.45) is 0 Å². The van der Waals surface area contributed by atoms with E-state index in [-0.39, 0.29) is 6.10 Å². The monoisotopic (exact) mass is 385 g/mol. The number of nitrogens with zero attached hydrogens (tertiary/aromatic N) is 1. The minimum absolute atomic E-state index is 0.225. The van der Waals surface area contributed by atoms with Crippen molar-refractivity contribution in [3.63, 3.8) is 0 Å². The van der Waals surface area contributed by atoms with Gasteiger partial charge in [0.1, 0.15) is 0 Å². The van der Waals surface area contributed by atoms with E-state index in [1.807, 2.05) is 42.5 Å². The number of halogens is 1. The smallest absolute Gasteiger partial charge is 0.170 e. The highest BCUT2D eigenvalue weighted by Crippen LogP contribution is 2.31. The molecule has 2 N–H and O–H groups in total. The van der Waals surface area contributed by atoms with Gasteiger partial charge < -0.3 is 15.4 Å². The molecule has 134 valence electrons. The van der Waals surface area contributed by atoms with Crippen molar-refractivity contribution < 1.29 is 4.74 Å². The van der Waals surface area contributed by atoms with Gasteiger partial charge in [-0.05, 0) is 48.3 Å². The van der Waals surface area contributed by atoms with Crippen molar-refractivity contribution in [2.75, 3.05) is 18.5 Å². The van der Waals surface area contributed by atoms with Crippen LogP contribution in [0.1, 0.15) is 29.9 Å². The third-order valence-corrected chi connectivity index (χ3v) is 4.92. The van der Waals surface area contributed by atoms with Crippen LogP contribution in [0.15, 0.2) is 48.5 Å². The Morgan fingerprint density at radius 2 is 2.12 bits per heavy atom. The van der Waals surface area contributed by atoms with Gasteiger partial charge in [-0.15, -0.1) is 0 Å². The number of rotatable bonds is 5. The van der Waals surface area contributed by atoms with Gasteiger partial charge in [-0.25, -0.2) is 0 Å². The van der Waals surface area contributed by atoms with Gasteiger partial charge in [0, 0.05) is 23.9 Å². The summed E-state index contributed by atoms with van der Waals surface area (Å²) in [6, 6.07) is 17.5. The predicted octanol–water partition coefficient (Wildman–Crippen LogP) is 4.46. The molecule has 2 unspecified atom stereocenters. The van der Waals surface area contributed by atoms with Crippen LogP contribution in [0.3, 0.4) is 0 Å². The molecule has 1 saturated heterocycles. The van der Waals surface area contributed by atoms with Gasteiger partial charge in [-0.3, -0.25) is 0 Å². The highest BCUT2D eigenvalue weighted by atomic mass is 35.5. The number of anilines is 1.